The van der Waals surface area contributed by atoms with Crippen molar-refractivity contribution >= 4 is 0 Å². The third-order valence-electron chi connectivity index (χ3n) is 4.29. The summed E-state index contributed by atoms with van der Waals surface area (Å²) in [7, 11) is 2.02. The molecule has 1 heterocycles. The Kier molecular flexibility index (Phi) is 5.37. The van der Waals surface area contributed by atoms with Gasteiger partial charge in [0.05, 0.1) is 6.10 Å². The average molecular weight is 262 g/mol. The highest BCUT2D eigenvalue weighted by atomic mass is 16.3. The molecule has 1 saturated heterocycles. The van der Waals surface area contributed by atoms with E-state index in [1.165, 1.54) is 19.3 Å². The van der Waals surface area contributed by atoms with Gasteiger partial charge in [0.15, 0.2) is 0 Å². The van der Waals surface area contributed by atoms with Crippen molar-refractivity contribution in [3.8, 4) is 0 Å². The summed E-state index contributed by atoms with van der Waals surface area (Å²) in [5, 5.41) is 13.7. The first kappa shape index (κ1) is 14.5. The van der Waals surface area contributed by atoms with Crippen molar-refractivity contribution < 1.29 is 5.11 Å². The predicted molar refractivity (Wildman–Crippen MR) is 79.1 cm³/mol. The molecule has 106 valence electrons. The lowest BCUT2D eigenvalue weighted by atomic mass is 9.95. The maximum Gasteiger partial charge on any atom is 0.0917 e. The van der Waals surface area contributed by atoms with E-state index in [9.17, 15) is 5.11 Å². The third-order valence-corrected chi connectivity index (χ3v) is 4.29. The molecular weight excluding hydrogens is 236 g/mol. The number of likely N-dealkylation sites (N-methyl/N-ethyl adjacent to an activating group) is 1. The van der Waals surface area contributed by atoms with Gasteiger partial charge in [0.25, 0.3) is 0 Å². The van der Waals surface area contributed by atoms with Gasteiger partial charge in [-0.25, -0.2) is 0 Å². The molecule has 0 amide bonds. The summed E-state index contributed by atoms with van der Waals surface area (Å²) >= 11 is 0. The van der Waals surface area contributed by atoms with E-state index in [2.05, 4.69) is 17.1 Å². The Morgan fingerprint density at radius 2 is 2.05 bits per heavy atom. The molecule has 2 rings (SSSR count). The molecule has 2 N–H and O–H groups in total. The fraction of sp³-hybridized carbons (Fsp3) is 0.625. The van der Waals surface area contributed by atoms with Gasteiger partial charge in [-0.15, -0.1) is 0 Å². The number of aliphatic hydroxyl groups is 1. The van der Waals surface area contributed by atoms with Crippen LogP contribution in [0.5, 0.6) is 0 Å². The highest BCUT2D eigenvalue weighted by Gasteiger charge is 2.28. The molecule has 19 heavy (non-hydrogen) atoms. The second kappa shape index (κ2) is 7.04. The third kappa shape index (κ3) is 3.78. The van der Waals surface area contributed by atoms with Crippen molar-refractivity contribution in [2.45, 2.75) is 44.4 Å². The minimum atomic E-state index is -0.383. The summed E-state index contributed by atoms with van der Waals surface area (Å²) in [4.78, 5) is 2.45. The summed E-state index contributed by atoms with van der Waals surface area (Å²) in [6.45, 7) is 4.07. The minimum Gasteiger partial charge on any atom is -0.387 e. The van der Waals surface area contributed by atoms with E-state index in [1.54, 1.807) is 0 Å². The Morgan fingerprint density at radius 1 is 1.32 bits per heavy atom. The van der Waals surface area contributed by atoms with E-state index in [0.717, 1.165) is 18.7 Å². The van der Waals surface area contributed by atoms with Crippen LogP contribution in [0.3, 0.4) is 0 Å². The summed E-state index contributed by atoms with van der Waals surface area (Å²) in [6.07, 6.45) is 3.39. The number of rotatable bonds is 5. The number of β-amino-alcohol motifs (C(OH)–C–C–N with tert-alkyl or cyclic N) is 1. The number of hydrogen-bond acceptors (Lipinski definition) is 3. The molecule has 1 fully saturated rings. The second-order valence-corrected chi connectivity index (χ2v) is 5.56. The zero-order valence-corrected chi connectivity index (χ0v) is 12.0. The average Bonchev–Trinajstić information content (AvgIpc) is 2.48. The molecule has 3 nitrogen and oxygen atoms in total. The molecule has 3 heteroatoms. The zero-order chi connectivity index (χ0) is 13.7. The number of nitrogens with one attached hydrogen (secondary N) is 1. The van der Waals surface area contributed by atoms with Crippen LogP contribution >= 0.6 is 0 Å². The molecule has 0 bridgehead atoms. The van der Waals surface area contributed by atoms with Crippen molar-refractivity contribution in [1.29, 1.82) is 0 Å². The number of nitrogens with zero attached hydrogens (tertiary/aromatic N) is 1. The number of piperidine rings is 1. The predicted octanol–water partition coefficient (Wildman–Crippen LogP) is 2.18. The van der Waals surface area contributed by atoms with Crippen molar-refractivity contribution in [2.75, 3.05) is 20.1 Å². The van der Waals surface area contributed by atoms with Crippen LogP contribution in [0.15, 0.2) is 30.3 Å². The van der Waals surface area contributed by atoms with Gasteiger partial charge in [-0.3, -0.25) is 4.90 Å². The van der Waals surface area contributed by atoms with Gasteiger partial charge in [-0.05, 0) is 38.9 Å². The van der Waals surface area contributed by atoms with E-state index in [1.807, 2.05) is 37.4 Å². The SMILES string of the molecule is CNC(C)C1CCCCN1CC(O)c1ccccc1. The Bertz CT molecular complexity index is 368. The Labute approximate surface area is 116 Å². The lowest BCUT2D eigenvalue weighted by Gasteiger charge is -2.40. The van der Waals surface area contributed by atoms with E-state index in [-0.39, 0.29) is 6.10 Å². The van der Waals surface area contributed by atoms with Gasteiger partial charge in [-0.1, -0.05) is 36.8 Å². The first-order valence-corrected chi connectivity index (χ1v) is 7.36. The lowest BCUT2D eigenvalue weighted by molar-refractivity contribution is 0.0553. The normalized spacial score (nSPS) is 24.1. The van der Waals surface area contributed by atoms with Crippen LogP contribution in [0.1, 0.15) is 37.9 Å². The molecule has 0 saturated carbocycles. The molecule has 3 unspecified atom stereocenters. The highest BCUT2D eigenvalue weighted by Crippen LogP contribution is 2.23. The van der Waals surface area contributed by atoms with E-state index in [0.29, 0.717) is 12.1 Å². The molecule has 0 aromatic heterocycles. The fourth-order valence-electron chi connectivity index (χ4n) is 3.00. The van der Waals surface area contributed by atoms with Gasteiger partial charge < -0.3 is 10.4 Å². The molecule has 0 spiro atoms. The van der Waals surface area contributed by atoms with Crippen LogP contribution in [0.4, 0.5) is 0 Å². The van der Waals surface area contributed by atoms with Crippen LogP contribution in [0.25, 0.3) is 0 Å². The minimum absolute atomic E-state index is 0.383. The van der Waals surface area contributed by atoms with Crippen molar-refractivity contribution in [3.05, 3.63) is 35.9 Å². The van der Waals surface area contributed by atoms with E-state index < -0.39 is 0 Å². The molecule has 1 aliphatic heterocycles. The van der Waals surface area contributed by atoms with Crippen molar-refractivity contribution in [2.24, 2.45) is 0 Å². The highest BCUT2D eigenvalue weighted by molar-refractivity contribution is 5.17. The number of hydrogen-bond donors (Lipinski definition) is 2. The standard InChI is InChI=1S/C16H26N2O/c1-13(17-2)15-10-6-7-11-18(15)12-16(19)14-8-4-3-5-9-14/h3-5,8-9,13,15-17,19H,6-7,10-12H2,1-2H3. The van der Waals surface area contributed by atoms with Gasteiger partial charge in [0, 0.05) is 18.6 Å². The van der Waals surface area contributed by atoms with Crippen LogP contribution < -0.4 is 5.32 Å². The first-order valence-electron chi connectivity index (χ1n) is 7.36. The molecule has 3 atom stereocenters. The van der Waals surface area contributed by atoms with Gasteiger partial charge in [0.1, 0.15) is 0 Å². The largest absolute Gasteiger partial charge is 0.387 e. The van der Waals surface area contributed by atoms with Crippen LogP contribution in [0, 0.1) is 0 Å². The van der Waals surface area contributed by atoms with Crippen molar-refractivity contribution in [1.82, 2.24) is 10.2 Å². The lowest BCUT2D eigenvalue weighted by Crippen LogP contribution is -2.51. The maximum absolute atomic E-state index is 10.4. The Hall–Kier alpha value is -0.900. The zero-order valence-electron chi connectivity index (χ0n) is 12.0. The second-order valence-electron chi connectivity index (χ2n) is 5.56. The number of likely N-dealkylation sites (tertiary alicyclic amines) is 1. The summed E-state index contributed by atoms with van der Waals surface area (Å²) in [5.41, 5.74) is 1.02. The quantitative estimate of drug-likeness (QED) is 0.854. The monoisotopic (exact) mass is 262 g/mol. The number of aliphatic hydroxyl groups excluding tert-OH is 1. The summed E-state index contributed by atoms with van der Waals surface area (Å²) in [5.74, 6) is 0. The first-order chi connectivity index (χ1) is 9.22. The Morgan fingerprint density at radius 3 is 2.74 bits per heavy atom. The molecule has 1 aromatic rings. The van der Waals surface area contributed by atoms with Gasteiger partial charge in [-0.2, -0.15) is 0 Å². The van der Waals surface area contributed by atoms with Crippen LogP contribution in [-0.2, 0) is 0 Å². The molecule has 1 aromatic carbocycles. The molecule has 0 aliphatic carbocycles. The maximum atomic E-state index is 10.4. The number of benzene rings is 1. The Balaban J connectivity index is 1.99. The summed E-state index contributed by atoms with van der Waals surface area (Å²) in [6, 6.07) is 11.0. The van der Waals surface area contributed by atoms with Crippen LogP contribution in [0.2, 0.25) is 0 Å². The van der Waals surface area contributed by atoms with Gasteiger partial charge in [0.2, 0.25) is 0 Å². The molecule has 0 radical (unpaired) electrons. The summed E-state index contributed by atoms with van der Waals surface area (Å²) < 4.78 is 0. The van der Waals surface area contributed by atoms with Gasteiger partial charge >= 0.3 is 0 Å². The van der Waals surface area contributed by atoms with Crippen LogP contribution in [-0.4, -0.2) is 42.2 Å². The van der Waals surface area contributed by atoms with E-state index >= 15 is 0 Å². The van der Waals surface area contributed by atoms with Crippen molar-refractivity contribution in [3.63, 3.8) is 0 Å². The molecular formula is C16H26N2O. The molecule has 1 aliphatic rings. The smallest absolute Gasteiger partial charge is 0.0917 e. The fourth-order valence-corrected chi connectivity index (χ4v) is 3.00. The topological polar surface area (TPSA) is 35.5 Å². The van der Waals surface area contributed by atoms with E-state index in [4.69, 9.17) is 0 Å².